The third kappa shape index (κ3) is 6.90. The first kappa shape index (κ1) is 23.5. The largest absolute Gasteiger partial charge is 0.497 e. The van der Waals surface area contributed by atoms with Crippen molar-refractivity contribution in [2.75, 3.05) is 13.7 Å². The summed E-state index contributed by atoms with van der Waals surface area (Å²) in [5.74, 6) is 0.589. The molecule has 5 nitrogen and oxygen atoms in total. The Morgan fingerprint density at radius 1 is 1.07 bits per heavy atom. The first-order valence-corrected chi connectivity index (χ1v) is 10.7. The third-order valence-electron chi connectivity index (χ3n) is 5.14. The summed E-state index contributed by atoms with van der Waals surface area (Å²) in [7, 11) is 1.62. The van der Waals surface area contributed by atoms with Gasteiger partial charge in [-0.15, -0.1) is 0 Å². The predicted molar refractivity (Wildman–Crippen MR) is 120 cm³/mol. The molecule has 0 saturated heterocycles. The number of methoxy groups -OCH3 is 1. The van der Waals surface area contributed by atoms with Gasteiger partial charge in [0.15, 0.2) is 0 Å². The van der Waals surface area contributed by atoms with Crippen LogP contribution in [0.4, 0.5) is 0 Å². The first-order chi connectivity index (χ1) is 14.5. The zero-order chi connectivity index (χ0) is 21.9. The molecule has 0 aliphatic carbocycles. The van der Waals surface area contributed by atoms with Crippen molar-refractivity contribution in [1.82, 2.24) is 10.2 Å². The second-order valence-electron chi connectivity index (χ2n) is 7.61. The number of carbonyl (C=O) groups is 2. The van der Waals surface area contributed by atoms with Gasteiger partial charge >= 0.3 is 0 Å². The molecule has 0 radical (unpaired) electrons. The number of benzene rings is 2. The van der Waals surface area contributed by atoms with Gasteiger partial charge in [-0.05, 0) is 43.0 Å². The average molecular weight is 411 g/mol. The average Bonchev–Trinajstić information content (AvgIpc) is 2.74. The van der Waals surface area contributed by atoms with E-state index < -0.39 is 6.04 Å². The lowest BCUT2D eigenvalue weighted by atomic mass is 10.0. The maximum Gasteiger partial charge on any atom is 0.242 e. The number of aryl methyl sites for hydroxylation is 1. The molecule has 0 bridgehead atoms. The molecular weight excluding hydrogens is 376 g/mol. The van der Waals surface area contributed by atoms with Crippen LogP contribution < -0.4 is 10.1 Å². The van der Waals surface area contributed by atoms with Gasteiger partial charge < -0.3 is 15.0 Å². The molecular formula is C25H34N2O3. The van der Waals surface area contributed by atoms with Gasteiger partial charge in [0.2, 0.25) is 11.8 Å². The number of rotatable bonds is 11. The van der Waals surface area contributed by atoms with Crippen molar-refractivity contribution in [3.8, 4) is 5.75 Å². The Kier molecular flexibility index (Phi) is 9.39. The molecule has 5 heteroatoms. The lowest BCUT2D eigenvalue weighted by Crippen LogP contribution is -2.49. The molecule has 0 aliphatic rings. The van der Waals surface area contributed by atoms with Crippen LogP contribution in [0.2, 0.25) is 0 Å². The molecule has 0 heterocycles. The number of nitrogens with one attached hydrogen (secondary N) is 1. The van der Waals surface area contributed by atoms with Gasteiger partial charge in [0.1, 0.15) is 11.8 Å². The Morgan fingerprint density at radius 3 is 2.47 bits per heavy atom. The van der Waals surface area contributed by atoms with E-state index >= 15 is 0 Å². The van der Waals surface area contributed by atoms with Crippen LogP contribution in [0.5, 0.6) is 5.75 Å². The number of amides is 2. The standard InChI is InChI=1S/C25H34N2O3/c1-5-7-14-26-25(29)23(6-2)27(18-21-12-9-13-22(16-21)30-4)24(28)17-20-11-8-10-19(3)15-20/h8-13,15-16,23H,5-7,14,17-18H2,1-4H3,(H,26,29)/t23-/m0/s1. The van der Waals surface area contributed by atoms with Gasteiger partial charge in [0, 0.05) is 13.1 Å². The molecule has 0 saturated carbocycles. The van der Waals surface area contributed by atoms with E-state index in [1.807, 2.05) is 62.4 Å². The molecule has 0 aromatic heterocycles. The molecule has 2 aromatic carbocycles. The Morgan fingerprint density at radius 2 is 1.80 bits per heavy atom. The number of unbranched alkanes of at least 4 members (excludes halogenated alkanes) is 1. The summed E-state index contributed by atoms with van der Waals surface area (Å²) in [6.45, 7) is 7.04. The highest BCUT2D eigenvalue weighted by molar-refractivity contribution is 5.88. The van der Waals surface area contributed by atoms with Crippen LogP contribution in [0, 0.1) is 6.92 Å². The van der Waals surface area contributed by atoms with Crippen molar-refractivity contribution in [2.45, 2.75) is 59.0 Å². The number of hydrogen-bond donors (Lipinski definition) is 1. The molecule has 0 spiro atoms. The molecule has 30 heavy (non-hydrogen) atoms. The normalized spacial score (nSPS) is 11.6. The van der Waals surface area contributed by atoms with Crippen molar-refractivity contribution in [3.63, 3.8) is 0 Å². The Balaban J connectivity index is 2.26. The maximum absolute atomic E-state index is 13.3. The molecule has 0 fully saturated rings. The summed E-state index contributed by atoms with van der Waals surface area (Å²) in [6.07, 6.45) is 2.76. The minimum Gasteiger partial charge on any atom is -0.497 e. The zero-order valence-electron chi connectivity index (χ0n) is 18.6. The summed E-state index contributed by atoms with van der Waals surface area (Å²) >= 11 is 0. The number of nitrogens with zero attached hydrogens (tertiary/aromatic N) is 1. The number of ether oxygens (including phenoxy) is 1. The quantitative estimate of drug-likeness (QED) is 0.563. The summed E-state index contributed by atoms with van der Waals surface area (Å²) in [5, 5.41) is 2.99. The van der Waals surface area contributed by atoms with Crippen LogP contribution in [0.3, 0.4) is 0 Å². The van der Waals surface area contributed by atoms with Crippen LogP contribution in [0.15, 0.2) is 48.5 Å². The van der Waals surface area contributed by atoms with Crippen LogP contribution >= 0.6 is 0 Å². The minimum absolute atomic E-state index is 0.0547. The SMILES string of the molecule is CCCCNC(=O)[C@H](CC)N(Cc1cccc(OC)c1)C(=O)Cc1cccc(C)c1. The minimum atomic E-state index is -0.509. The summed E-state index contributed by atoms with van der Waals surface area (Å²) in [4.78, 5) is 27.9. The lowest BCUT2D eigenvalue weighted by Gasteiger charge is -2.31. The summed E-state index contributed by atoms with van der Waals surface area (Å²) in [5.41, 5.74) is 3.01. The number of carbonyl (C=O) groups excluding carboxylic acids is 2. The Bertz CT molecular complexity index is 835. The van der Waals surface area contributed by atoms with E-state index in [1.165, 1.54) is 0 Å². The smallest absolute Gasteiger partial charge is 0.242 e. The van der Waals surface area contributed by atoms with Crippen LogP contribution in [-0.4, -0.2) is 36.4 Å². The first-order valence-electron chi connectivity index (χ1n) is 10.7. The van der Waals surface area contributed by atoms with Gasteiger partial charge in [-0.2, -0.15) is 0 Å². The van der Waals surface area contributed by atoms with Gasteiger partial charge in [-0.3, -0.25) is 9.59 Å². The van der Waals surface area contributed by atoms with E-state index in [0.717, 1.165) is 35.3 Å². The van der Waals surface area contributed by atoms with E-state index in [9.17, 15) is 9.59 Å². The van der Waals surface area contributed by atoms with Gasteiger partial charge in [-0.25, -0.2) is 0 Å². The van der Waals surface area contributed by atoms with E-state index in [-0.39, 0.29) is 18.2 Å². The molecule has 1 atom stereocenters. The molecule has 2 aromatic rings. The summed E-state index contributed by atoms with van der Waals surface area (Å²) < 4.78 is 5.32. The van der Waals surface area contributed by atoms with E-state index in [4.69, 9.17) is 4.74 Å². The third-order valence-corrected chi connectivity index (χ3v) is 5.14. The fraction of sp³-hybridized carbons (Fsp3) is 0.440. The Labute approximate surface area is 180 Å². The fourth-order valence-electron chi connectivity index (χ4n) is 3.49. The summed E-state index contributed by atoms with van der Waals surface area (Å²) in [6, 6.07) is 15.1. The predicted octanol–water partition coefficient (Wildman–Crippen LogP) is 4.27. The monoisotopic (exact) mass is 410 g/mol. The van der Waals surface area contributed by atoms with Crippen molar-refractivity contribution < 1.29 is 14.3 Å². The molecule has 2 rings (SSSR count). The van der Waals surface area contributed by atoms with Crippen LogP contribution in [0.1, 0.15) is 49.8 Å². The highest BCUT2D eigenvalue weighted by Gasteiger charge is 2.28. The lowest BCUT2D eigenvalue weighted by molar-refractivity contribution is -0.140. The molecule has 1 N–H and O–H groups in total. The fourth-order valence-corrected chi connectivity index (χ4v) is 3.49. The zero-order valence-corrected chi connectivity index (χ0v) is 18.6. The maximum atomic E-state index is 13.3. The highest BCUT2D eigenvalue weighted by Crippen LogP contribution is 2.18. The van der Waals surface area contributed by atoms with E-state index in [0.29, 0.717) is 19.5 Å². The Hall–Kier alpha value is -2.82. The van der Waals surface area contributed by atoms with E-state index in [1.54, 1.807) is 12.0 Å². The highest BCUT2D eigenvalue weighted by atomic mass is 16.5. The van der Waals surface area contributed by atoms with Crippen molar-refractivity contribution in [3.05, 3.63) is 65.2 Å². The van der Waals surface area contributed by atoms with Gasteiger partial charge in [0.05, 0.1) is 13.5 Å². The number of hydrogen-bond acceptors (Lipinski definition) is 3. The van der Waals surface area contributed by atoms with Gasteiger partial charge in [-0.1, -0.05) is 62.2 Å². The van der Waals surface area contributed by atoms with Crippen molar-refractivity contribution >= 4 is 11.8 Å². The van der Waals surface area contributed by atoms with Crippen LogP contribution in [0.25, 0.3) is 0 Å². The molecule has 0 unspecified atom stereocenters. The molecule has 162 valence electrons. The van der Waals surface area contributed by atoms with E-state index in [2.05, 4.69) is 12.2 Å². The van der Waals surface area contributed by atoms with Crippen molar-refractivity contribution in [2.24, 2.45) is 0 Å². The van der Waals surface area contributed by atoms with Crippen molar-refractivity contribution in [1.29, 1.82) is 0 Å². The molecule has 2 amide bonds. The second-order valence-corrected chi connectivity index (χ2v) is 7.61. The topological polar surface area (TPSA) is 58.6 Å². The molecule has 0 aliphatic heterocycles. The van der Waals surface area contributed by atoms with Crippen LogP contribution in [-0.2, 0) is 22.6 Å². The van der Waals surface area contributed by atoms with Gasteiger partial charge in [0.25, 0.3) is 0 Å². The second kappa shape index (κ2) is 12.0.